The van der Waals surface area contributed by atoms with Crippen molar-refractivity contribution >= 4 is 72.6 Å². The van der Waals surface area contributed by atoms with E-state index in [0.717, 1.165) is 42.0 Å². The molecule has 2 aliphatic carbocycles. The van der Waals surface area contributed by atoms with Crippen LogP contribution in [0, 0.1) is 21.4 Å². The van der Waals surface area contributed by atoms with E-state index in [4.69, 9.17) is 35.5 Å². The van der Waals surface area contributed by atoms with Crippen LogP contribution < -0.4 is 24.6 Å². The molecule has 5 aromatic rings. The molecule has 3 N–H and O–H groups in total. The van der Waals surface area contributed by atoms with Crippen molar-refractivity contribution in [2.24, 2.45) is 11.3 Å². The monoisotopic (exact) mass is 1040 g/mol. The van der Waals surface area contributed by atoms with E-state index in [-0.39, 0.29) is 60.7 Å². The van der Waals surface area contributed by atoms with Gasteiger partial charge in [-0.05, 0) is 121 Å². The summed E-state index contributed by atoms with van der Waals surface area (Å²) in [5, 5.41) is 16.8. The average molecular weight is 1040 g/mol. The number of fused-ring (bicyclic) bond motifs is 4. The Morgan fingerprint density at radius 1 is 1.00 bits per heavy atom. The SMILES string of the molecule is COCC1(F)CC(CNc2ccc(S(=O)(=O)NC(=O)c3ccc(N4CCN5CC6=C(c7ccc(Cl)cc7)CC(C)(C)C[C@H]6OCCCOC[C@@H]5C4)cc3N3CCCOc4nc5[nH]ccc5cc43)cc2[N+](=O)[O-])C1. The number of anilines is 4. The normalized spacial score (nSPS) is 23.7. The molecule has 3 aromatic carbocycles. The Balaban J connectivity index is 0.953. The number of aromatic nitrogens is 2. The number of hydrogen-bond donors (Lipinski definition) is 3. The van der Waals surface area contributed by atoms with Crippen LogP contribution in [0.15, 0.2) is 89.5 Å². The zero-order valence-electron chi connectivity index (χ0n) is 41.3. The van der Waals surface area contributed by atoms with Crippen molar-refractivity contribution in [3.63, 3.8) is 0 Å². The molecule has 2 atom stereocenters. The number of hydrogen-bond acceptors (Lipinski definition) is 14. The summed E-state index contributed by atoms with van der Waals surface area (Å²) in [6, 6.07) is 20.8. The number of benzene rings is 3. The first-order valence-corrected chi connectivity index (χ1v) is 26.9. The fourth-order valence-electron chi connectivity index (χ4n) is 11.2. The topological polar surface area (TPSA) is 194 Å². The Morgan fingerprint density at radius 2 is 1.82 bits per heavy atom. The van der Waals surface area contributed by atoms with Crippen LogP contribution in [0.4, 0.5) is 32.8 Å². The number of allylic oxidation sites excluding steroid dienone is 1. The van der Waals surface area contributed by atoms with Gasteiger partial charge in [0.1, 0.15) is 22.7 Å². The third-order valence-electron chi connectivity index (χ3n) is 14.8. The van der Waals surface area contributed by atoms with Gasteiger partial charge in [0.15, 0.2) is 0 Å². The largest absolute Gasteiger partial charge is 0.476 e. The Kier molecular flexibility index (Phi) is 14.5. The van der Waals surface area contributed by atoms with E-state index in [2.05, 4.69) is 50.8 Å². The minimum Gasteiger partial charge on any atom is -0.476 e. The number of nitro groups is 1. The molecule has 17 nitrogen and oxygen atoms in total. The number of alkyl halides is 1. The summed E-state index contributed by atoms with van der Waals surface area (Å²) >= 11 is 6.37. The number of sulfonamides is 1. The number of nitrogens with zero attached hydrogens (tertiary/aromatic N) is 5. The predicted molar refractivity (Wildman–Crippen MR) is 278 cm³/mol. The molecule has 5 heterocycles. The number of nitro benzene ring substituents is 1. The van der Waals surface area contributed by atoms with E-state index >= 15 is 0 Å². The van der Waals surface area contributed by atoms with Crippen LogP contribution >= 0.6 is 11.6 Å². The summed E-state index contributed by atoms with van der Waals surface area (Å²) < 4.78 is 69.3. The maximum absolute atomic E-state index is 14.7. The molecule has 2 aromatic heterocycles. The molecule has 1 amide bonds. The first-order chi connectivity index (χ1) is 35.0. The molecule has 10 rings (SSSR count). The van der Waals surface area contributed by atoms with Crippen molar-refractivity contribution in [3.05, 3.63) is 111 Å². The molecule has 1 saturated carbocycles. The van der Waals surface area contributed by atoms with Crippen LogP contribution in [0.5, 0.6) is 5.88 Å². The van der Waals surface area contributed by atoms with E-state index in [1.54, 1.807) is 12.3 Å². The van der Waals surface area contributed by atoms with Gasteiger partial charge in [-0.25, -0.2) is 17.5 Å². The van der Waals surface area contributed by atoms with Crippen molar-refractivity contribution in [2.45, 2.75) is 75.1 Å². The van der Waals surface area contributed by atoms with Gasteiger partial charge in [-0.2, -0.15) is 4.98 Å². The Labute approximate surface area is 429 Å². The van der Waals surface area contributed by atoms with Crippen molar-refractivity contribution in [1.29, 1.82) is 0 Å². The van der Waals surface area contributed by atoms with Gasteiger partial charge in [0.2, 0.25) is 5.88 Å². The molecule has 5 aliphatic rings. The number of H-pyrrole nitrogens is 1. The molecule has 0 spiro atoms. The van der Waals surface area contributed by atoms with E-state index in [1.807, 2.05) is 41.3 Å². The number of carbonyl (C=O) groups excluding carboxylic acids is 1. The van der Waals surface area contributed by atoms with Crippen LogP contribution in [-0.2, 0) is 24.2 Å². The summed E-state index contributed by atoms with van der Waals surface area (Å²) in [5.41, 5.74) is 4.47. The highest BCUT2D eigenvalue weighted by molar-refractivity contribution is 7.90. The van der Waals surface area contributed by atoms with Crippen LogP contribution in [-0.4, -0.2) is 131 Å². The van der Waals surface area contributed by atoms with E-state index in [9.17, 15) is 27.7 Å². The molecule has 20 heteroatoms. The minimum atomic E-state index is -4.66. The lowest BCUT2D eigenvalue weighted by Crippen LogP contribution is -2.56. The van der Waals surface area contributed by atoms with Gasteiger partial charge in [-0.15, -0.1) is 0 Å². The molecule has 3 aliphatic heterocycles. The zero-order chi connectivity index (χ0) is 51.1. The molecule has 0 unspecified atom stereocenters. The van der Waals surface area contributed by atoms with Gasteiger partial charge < -0.3 is 39.0 Å². The molecule has 0 bridgehead atoms. The summed E-state index contributed by atoms with van der Waals surface area (Å²) in [6.45, 7) is 9.94. The summed E-state index contributed by atoms with van der Waals surface area (Å²) in [5.74, 6) is -0.656. The minimum absolute atomic E-state index is 0.00397. The van der Waals surface area contributed by atoms with Crippen LogP contribution in [0.1, 0.15) is 68.3 Å². The average Bonchev–Trinajstić information content (AvgIpc) is 3.70. The Bertz CT molecular complexity index is 3020. The number of piperazine rings is 1. The highest BCUT2D eigenvalue weighted by Gasteiger charge is 2.45. The molecule has 0 radical (unpaired) electrons. The molecule has 2 saturated heterocycles. The summed E-state index contributed by atoms with van der Waals surface area (Å²) in [7, 11) is -3.23. The second kappa shape index (κ2) is 20.8. The number of ether oxygens (including phenoxy) is 4. The number of carbonyl (C=O) groups is 1. The predicted octanol–water partition coefficient (Wildman–Crippen LogP) is 8.91. The van der Waals surface area contributed by atoms with Crippen LogP contribution in [0.3, 0.4) is 0 Å². The zero-order valence-corrected chi connectivity index (χ0v) is 42.9. The first kappa shape index (κ1) is 50.7. The quantitative estimate of drug-likeness (QED) is 0.0792. The number of halogens is 2. The number of pyridine rings is 1. The summed E-state index contributed by atoms with van der Waals surface area (Å²) in [6.07, 6.45) is 5.36. The second-order valence-corrected chi connectivity index (χ2v) is 22.9. The molecule has 73 heavy (non-hydrogen) atoms. The fraction of sp³-hybridized carbons (Fsp3) is 0.472. The number of rotatable bonds is 12. The fourth-order valence-corrected chi connectivity index (χ4v) is 12.3. The van der Waals surface area contributed by atoms with E-state index in [1.165, 1.54) is 30.4 Å². The maximum Gasteiger partial charge on any atom is 0.293 e. The van der Waals surface area contributed by atoms with Crippen LogP contribution in [0.2, 0.25) is 5.02 Å². The third kappa shape index (κ3) is 11.0. The lowest BCUT2D eigenvalue weighted by molar-refractivity contribution is -0.384. The smallest absolute Gasteiger partial charge is 0.293 e. The lowest BCUT2D eigenvalue weighted by Gasteiger charge is -2.45. The lowest BCUT2D eigenvalue weighted by atomic mass is 9.71. The molecule has 3 fully saturated rings. The molecular weight excluding hydrogens is 979 g/mol. The number of nitrogens with one attached hydrogen (secondary N) is 3. The first-order valence-electron chi connectivity index (χ1n) is 25.0. The highest BCUT2D eigenvalue weighted by atomic mass is 35.5. The van der Waals surface area contributed by atoms with Gasteiger partial charge in [0, 0.05) is 88.0 Å². The number of amides is 1. The van der Waals surface area contributed by atoms with Crippen LogP contribution in [0.25, 0.3) is 16.6 Å². The number of aromatic amines is 1. The maximum atomic E-state index is 14.7. The van der Waals surface area contributed by atoms with Gasteiger partial charge in [-0.1, -0.05) is 37.6 Å². The Morgan fingerprint density at radius 3 is 2.62 bits per heavy atom. The van der Waals surface area contributed by atoms with Crippen molar-refractivity contribution in [3.8, 4) is 5.88 Å². The van der Waals surface area contributed by atoms with E-state index < -0.39 is 37.1 Å². The van der Waals surface area contributed by atoms with Crippen molar-refractivity contribution < 1.29 is 41.5 Å². The number of methoxy groups -OCH3 is 1. The van der Waals surface area contributed by atoms with Crippen molar-refractivity contribution in [1.82, 2.24) is 19.6 Å². The Hall–Kier alpha value is -5.83. The summed E-state index contributed by atoms with van der Waals surface area (Å²) in [4.78, 5) is 40.4. The van der Waals surface area contributed by atoms with Gasteiger partial charge in [0.05, 0.1) is 53.0 Å². The van der Waals surface area contributed by atoms with Gasteiger partial charge in [-0.3, -0.25) is 19.8 Å². The second-order valence-electron chi connectivity index (χ2n) is 20.8. The molecular formula is C53H62ClFN8O9S. The highest BCUT2D eigenvalue weighted by Crippen LogP contribution is 2.46. The van der Waals surface area contributed by atoms with Crippen molar-refractivity contribution in [2.75, 3.05) is 94.5 Å². The molecule has 388 valence electrons. The van der Waals surface area contributed by atoms with Gasteiger partial charge in [0.25, 0.3) is 21.6 Å². The van der Waals surface area contributed by atoms with E-state index in [0.29, 0.717) is 93.5 Å². The standard InChI is InChI=1S/C53H62ClFN8O9S/c1-52(2)27-42(35-6-8-37(54)9-7-35)43-31-61-18-17-60(30-39(61)32-70-19-5-21-71-48(43)28-52)38-10-12-41(45(23-38)62-16-4-20-72-51-47(62)22-36-14-15-56-49(36)58-51)50(64)59-73(67,68)40-11-13-44(46(24-40)63(65)66)57-29-34-25-53(55,26-34)33-69-3/h6-15,22-24,34,39,48,57H,4-5,16-21,25-33H2,1-3H3,(H,56,58)(H,59,64)/t34?,39-,48+,53?/m0/s1. The third-order valence-corrected chi connectivity index (χ3v) is 16.4. The van der Waals surface area contributed by atoms with Gasteiger partial charge >= 0.3 is 0 Å².